The van der Waals surface area contributed by atoms with E-state index in [1.807, 2.05) is 0 Å². The molecular formula is I3O6Sc. The monoisotopic (exact) mass is 522 g/mol. The van der Waals surface area contributed by atoms with Crippen LogP contribution >= 0.6 is 0 Å². The van der Waals surface area contributed by atoms with Gasteiger partial charge in [0.2, 0.25) is 0 Å². The Morgan fingerprint density at radius 1 is 0.500 bits per heavy atom. The van der Waals surface area contributed by atoms with Crippen LogP contribution in [0, 0.1) is 0 Å². The van der Waals surface area contributed by atoms with E-state index >= 15 is 0 Å². The fourth-order valence-corrected chi connectivity index (χ4v) is 0. The molecule has 60 valence electrons. The minimum Gasteiger partial charge on any atom is -0.599 e. The summed E-state index contributed by atoms with van der Waals surface area (Å²) in [7, 11) is 0. The van der Waals surface area contributed by atoms with Crippen molar-refractivity contribution in [3.63, 3.8) is 0 Å². The normalized spacial score (nSPS) is 5.40. The predicted molar refractivity (Wildman–Crippen MR) is 0 cm³/mol. The maximum atomic E-state index is 8.48. The van der Waals surface area contributed by atoms with Crippen LogP contribution in [0.25, 0.3) is 0 Å². The number of halogens is 3. The average Bonchev–Trinajstić information content (AvgIpc) is 1.70. The van der Waals surface area contributed by atoms with Crippen molar-refractivity contribution in [2.24, 2.45) is 0 Å². The van der Waals surface area contributed by atoms with E-state index in [4.69, 9.17) is 20.6 Å². The Balaban J connectivity index is -0.0000000257. The zero-order chi connectivity index (χ0) is 8.12. The molecule has 0 unspecified atom stereocenters. The van der Waals surface area contributed by atoms with Crippen molar-refractivity contribution in [2.75, 3.05) is 0 Å². The maximum Gasteiger partial charge on any atom is 3.00 e. The quantitative estimate of drug-likeness (QED) is 0.290. The van der Waals surface area contributed by atoms with E-state index in [2.05, 4.69) is 0 Å². The Bertz CT molecular complexity index is 17.7. The molecule has 10 heteroatoms. The number of hydrogen-bond donors (Lipinski definition) is 0. The Morgan fingerprint density at radius 3 is 0.500 bits per heavy atom. The van der Waals surface area contributed by atoms with Crippen LogP contribution in [0.1, 0.15) is 0 Å². The Kier molecular flexibility index (Phi) is 94.1. The van der Waals surface area contributed by atoms with Crippen molar-refractivity contribution < 1.29 is 113 Å². The van der Waals surface area contributed by atoms with Crippen LogP contribution in [-0.4, -0.2) is 0 Å². The van der Waals surface area contributed by atoms with Crippen LogP contribution in [0.15, 0.2) is 0 Å². The fraction of sp³-hybridized carbons (Fsp3) is 0. The van der Waals surface area contributed by atoms with E-state index in [0.29, 0.717) is 0 Å². The van der Waals surface area contributed by atoms with Gasteiger partial charge in [-0.2, -0.15) is 0 Å². The molecule has 0 aromatic carbocycles. The minimum absolute atomic E-state index is 0. The third-order valence-corrected chi connectivity index (χ3v) is 0. The first kappa shape index (κ1) is 23.0. The third kappa shape index (κ3) is 131. The summed E-state index contributed by atoms with van der Waals surface area (Å²) in [4.78, 5) is 0. The van der Waals surface area contributed by atoms with Gasteiger partial charge in [-0.15, -0.1) is 0 Å². The summed E-state index contributed by atoms with van der Waals surface area (Å²) in [6.07, 6.45) is 0. The molecule has 0 radical (unpaired) electrons. The molecule has 0 fully saturated rings. The molecule has 0 saturated heterocycles. The molecule has 0 saturated carbocycles. The SMILES string of the molecule is [O-][I+][O-].[O-][I+][O-].[O-][I+][O-].[Sc+3]. The molecule has 0 aromatic heterocycles. The Morgan fingerprint density at radius 2 is 0.500 bits per heavy atom. The molecule has 0 bridgehead atoms. The van der Waals surface area contributed by atoms with E-state index in [-0.39, 0.29) is 25.8 Å². The van der Waals surface area contributed by atoms with Gasteiger partial charge in [-0.25, -0.2) is 0 Å². The van der Waals surface area contributed by atoms with Gasteiger partial charge in [-0.3, -0.25) is 0 Å². The molecule has 0 rings (SSSR count). The zero-order valence-electron chi connectivity index (χ0n) is 4.16. The number of rotatable bonds is 0. The summed E-state index contributed by atoms with van der Waals surface area (Å²) in [5.74, 6) is 0. The molecule has 10 heavy (non-hydrogen) atoms. The van der Waals surface area contributed by atoms with E-state index in [9.17, 15) is 0 Å². The predicted octanol–water partition coefficient (Wildman–Crippen LogP) is -16.1. The first-order chi connectivity index (χ1) is 4.24. The summed E-state index contributed by atoms with van der Waals surface area (Å²) < 4.78 is 50.9. The number of hydrogen-bond acceptors (Lipinski definition) is 6. The topological polar surface area (TPSA) is 138 Å². The first-order valence-electron chi connectivity index (χ1n) is 0.926. The molecule has 0 aliphatic carbocycles. The molecule has 6 nitrogen and oxygen atoms in total. The second-order valence-electron chi connectivity index (χ2n) is 0.189. The molecular weight excluding hydrogens is 522 g/mol. The fourth-order valence-electron chi connectivity index (χ4n) is 0. The van der Waals surface area contributed by atoms with Gasteiger partial charge in [0.05, 0.1) is 0 Å². The van der Waals surface area contributed by atoms with Crippen LogP contribution in [0.4, 0.5) is 0 Å². The third-order valence-electron chi connectivity index (χ3n) is 0. The summed E-state index contributed by atoms with van der Waals surface area (Å²) in [5, 5.41) is 0. The van der Waals surface area contributed by atoms with Gasteiger partial charge in [-0.05, 0) is 0 Å². The molecule has 0 amide bonds. The van der Waals surface area contributed by atoms with Crippen LogP contribution < -0.4 is 86.7 Å². The van der Waals surface area contributed by atoms with E-state index < -0.39 is 66.1 Å². The van der Waals surface area contributed by atoms with Gasteiger partial charge >= 0.3 is 25.8 Å². The van der Waals surface area contributed by atoms with Gasteiger partial charge in [-0.1, -0.05) is 0 Å². The molecule has 0 heterocycles. The summed E-state index contributed by atoms with van der Waals surface area (Å²) in [6, 6.07) is 0. The maximum absolute atomic E-state index is 8.48. The summed E-state index contributed by atoms with van der Waals surface area (Å²) in [6.45, 7) is 0. The molecule has 0 N–H and O–H groups in total. The second-order valence-corrected chi connectivity index (χ2v) is 1.27. The van der Waals surface area contributed by atoms with Crippen LogP contribution in [0.5, 0.6) is 0 Å². The minimum atomic E-state index is -1.91. The van der Waals surface area contributed by atoms with Crippen molar-refractivity contribution in [1.29, 1.82) is 0 Å². The van der Waals surface area contributed by atoms with Crippen LogP contribution in [-0.2, 0) is 25.8 Å². The van der Waals surface area contributed by atoms with Gasteiger partial charge < -0.3 is 20.6 Å². The van der Waals surface area contributed by atoms with E-state index in [1.165, 1.54) is 0 Å². The van der Waals surface area contributed by atoms with Gasteiger partial charge in [0, 0.05) is 0 Å². The van der Waals surface area contributed by atoms with Gasteiger partial charge in [0.1, 0.15) is 0 Å². The van der Waals surface area contributed by atoms with Crippen LogP contribution in [0.2, 0.25) is 0 Å². The average molecular weight is 522 g/mol. The van der Waals surface area contributed by atoms with Crippen molar-refractivity contribution in [1.82, 2.24) is 0 Å². The molecule has 0 aliphatic heterocycles. The zero-order valence-corrected chi connectivity index (χ0v) is 12.4. The second kappa shape index (κ2) is 40.9. The van der Waals surface area contributed by atoms with E-state index in [1.54, 1.807) is 0 Å². The van der Waals surface area contributed by atoms with Gasteiger partial charge in [0.15, 0.2) is 66.1 Å². The van der Waals surface area contributed by atoms with Crippen molar-refractivity contribution in [3.05, 3.63) is 0 Å². The Labute approximate surface area is 111 Å². The largest absolute Gasteiger partial charge is 3.00 e. The smallest absolute Gasteiger partial charge is 0.599 e. The van der Waals surface area contributed by atoms with Gasteiger partial charge in [0.25, 0.3) is 0 Å². The van der Waals surface area contributed by atoms with E-state index in [0.717, 1.165) is 0 Å². The molecule has 0 spiro atoms. The standard InChI is InChI=1S/3IO2.Sc/c3*2-1-3;/q3*-1;+3. The van der Waals surface area contributed by atoms with Crippen molar-refractivity contribution in [3.8, 4) is 0 Å². The summed E-state index contributed by atoms with van der Waals surface area (Å²) >= 11 is -5.73. The summed E-state index contributed by atoms with van der Waals surface area (Å²) in [5.41, 5.74) is 0. The van der Waals surface area contributed by atoms with Crippen LogP contribution in [0.3, 0.4) is 0 Å². The Hall–Kier alpha value is 2.82. The van der Waals surface area contributed by atoms with Crippen molar-refractivity contribution in [2.45, 2.75) is 0 Å². The molecule has 0 atom stereocenters. The molecule has 0 aliphatic rings. The first-order valence-corrected chi connectivity index (χ1v) is 6.21. The molecule has 0 aromatic rings. The van der Waals surface area contributed by atoms with Crippen molar-refractivity contribution >= 4 is 0 Å².